The second-order valence-corrected chi connectivity index (χ2v) is 7.34. The molecule has 5 rings (SSSR count). The van der Waals surface area contributed by atoms with E-state index in [0.717, 1.165) is 9.80 Å². The lowest BCUT2D eigenvalue weighted by molar-refractivity contribution is -0.141. The summed E-state index contributed by atoms with van der Waals surface area (Å²) < 4.78 is 56.7. The third kappa shape index (κ3) is 3.88. The number of aromatic nitrogens is 2. The first-order chi connectivity index (χ1) is 17.5. The van der Waals surface area contributed by atoms with Gasteiger partial charge in [0.05, 0.1) is 25.2 Å². The molecule has 0 bridgehead atoms. The van der Waals surface area contributed by atoms with E-state index >= 15 is 0 Å². The first kappa shape index (κ1) is 16.7. The van der Waals surface area contributed by atoms with E-state index in [1.165, 1.54) is 14.2 Å². The van der Waals surface area contributed by atoms with Crippen LogP contribution < -0.4 is 29.6 Å². The minimum Gasteiger partial charge on any atom is -0.493 e. The maximum atomic E-state index is 13.2. The Bertz CT molecular complexity index is 1360. The number of benzene rings is 2. The normalized spacial score (nSPS) is 22.5. The molecule has 1 aromatic heterocycles. The highest BCUT2D eigenvalue weighted by Crippen LogP contribution is 2.34. The number of methoxy groups -OCH3 is 2. The molecule has 0 saturated carbocycles. The summed E-state index contributed by atoms with van der Waals surface area (Å²) in [5.74, 6) is 0.843. The summed E-state index contributed by atoms with van der Waals surface area (Å²) in [5.41, 5.74) is 6.47. The summed E-state index contributed by atoms with van der Waals surface area (Å²) in [4.78, 5) is 23.7. The third-order valence-corrected chi connectivity index (χ3v) is 5.35. The van der Waals surface area contributed by atoms with Gasteiger partial charge in [0.1, 0.15) is 12.4 Å². The Morgan fingerprint density at radius 1 is 1.12 bits per heavy atom. The van der Waals surface area contributed by atoms with Crippen LogP contribution in [-0.4, -0.2) is 73.8 Å². The summed E-state index contributed by atoms with van der Waals surface area (Å²) in [5, 5.41) is 0.436. The standard InChI is InChI=1S/C23H25N5O5/c1-30-18-11-14-15(12-19(18)31-2)25-23(26-21(14)24)28-9-7-27(8-10-28)22(29)20-13-32-16-5-3-4-6-17(16)33-20/h3-6,11-12,20H,7-10,13H2,1-2H3,(H2,24,25,26)/i9D2,10D2. The van der Waals surface area contributed by atoms with Gasteiger partial charge in [0.25, 0.3) is 5.91 Å². The van der Waals surface area contributed by atoms with Crippen LogP contribution in [0.1, 0.15) is 5.48 Å². The molecule has 33 heavy (non-hydrogen) atoms. The number of nitrogen functional groups attached to an aromatic ring is 1. The Morgan fingerprint density at radius 3 is 2.55 bits per heavy atom. The number of para-hydroxylation sites is 2. The first-order valence-electron chi connectivity index (χ1n) is 12.2. The highest BCUT2D eigenvalue weighted by Gasteiger charge is 2.33. The summed E-state index contributed by atoms with van der Waals surface area (Å²) >= 11 is 0. The minimum absolute atomic E-state index is 0.0116. The van der Waals surface area contributed by atoms with E-state index in [4.69, 9.17) is 30.2 Å². The third-order valence-electron chi connectivity index (χ3n) is 5.35. The highest BCUT2D eigenvalue weighted by molar-refractivity contribution is 5.91. The summed E-state index contributed by atoms with van der Waals surface area (Å²) in [6, 6.07) is 10.0. The van der Waals surface area contributed by atoms with Crippen molar-refractivity contribution in [3.8, 4) is 23.0 Å². The lowest BCUT2D eigenvalue weighted by atomic mass is 10.2. The van der Waals surface area contributed by atoms with Crippen LogP contribution in [-0.2, 0) is 4.79 Å². The first-order valence-corrected chi connectivity index (χ1v) is 10.2. The molecule has 3 aromatic rings. The van der Waals surface area contributed by atoms with Gasteiger partial charge in [-0.1, -0.05) is 12.1 Å². The molecule has 3 heterocycles. The van der Waals surface area contributed by atoms with Crippen LogP contribution in [0.4, 0.5) is 11.8 Å². The van der Waals surface area contributed by atoms with E-state index in [2.05, 4.69) is 9.97 Å². The van der Waals surface area contributed by atoms with Crippen LogP contribution in [0, 0.1) is 0 Å². The van der Waals surface area contributed by atoms with Crippen LogP contribution in [0.5, 0.6) is 23.0 Å². The van der Waals surface area contributed by atoms with Gasteiger partial charge >= 0.3 is 0 Å². The number of nitrogens with zero attached hydrogens (tertiary/aromatic N) is 4. The maximum absolute atomic E-state index is 13.2. The van der Waals surface area contributed by atoms with Crippen molar-refractivity contribution in [2.75, 3.05) is 57.5 Å². The van der Waals surface area contributed by atoms with Crippen LogP contribution in [0.3, 0.4) is 0 Å². The van der Waals surface area contributed by atoms with Crippen molar-refractivity contribution in [3.05, 3.63) is 36.4 Å². The van der Waals surface area contributed by atoms with Gasteiger partial charge in [0, 0.05) is 37.5 Å². The number of amides is 1. The van der Waals surface area contributed by atoms with Crippen molar-refractivity contribution in [2.45, 2.75) is 6.10 Å². The SMILES string of the molecule is [2H]C1([2H])CN(C(=O)C2COc3ccccc3O2)CC([2H])([2H])N1c1nc(N)c2cc(OC)c(OC)cc2n1. The fourth-order valence-corrected chi connectivity index (χ4v) is 3.63. The Morgan fingerprint density at radius 2 is 1.82 bits per heavy atom. The molecule has 1 amide bonds. The monoisotopic (exact) mass is 455 g/mol. The summed E-state index contributed by atoms with van der Waals surface area (Å²) in [7, 11) is 2.94. The smallest absolute Gasteiger partial charge is 0.267 e. The van der Waals surface area contributed by atoms with Gasteiger partial charge in [-0.3, -0.25) is 4.79 Å². The van der Waals surface area contributed by atoms with Crippen molar-refractivity contribution >= 4 is 28.6 Å². The van der Waals surface area contributed by atoms with Gasteiger partial charge in [-0.2, -0.15) is 4.98 Å². The Kier molecular flexibility index (Phi) is 4.30. The molecule has 0 aliphatic carbocycles. The number of fused-ring (bicyclic) bond motifs is 2. The zero-order valence-electron chi connectivity index (χ0n) is 22.1. The predicted octanol–water partition coefficient (Wildman–Crippen LogP) is 1.72. The quantitative estimate of drug-likeness (QED) is 0.628. The van der Waals surface area contributed by atoms with Crippen LogP contribution in [0.15, 0.2) is 36.4 Å². The Balaban J connectivity index is 1.45. The zero-order valence-corrected chi connectivity index (χ0v) is 18.1. The number of rotatable bonds is 4. The number of anilines is 2. The van der Waals surface area contributed by atoms with Crippen molar-refractivity contribution in [1.82, 2.24) is 14.9 Å². The number of carbonyl (C=O) groups excluding carboxylic acids is 1. The summed E-state index contributed by atoms with van der Waals surface area (Å²) in [6.07, 6.45) is -1.04. The molecule has 1 atom stereocenters. The van der Waals surface area contributed by atoms with E-state index in [9.17, 15) is 4.79 Å². The predicted molar refractivity (Wildman–Crippen MR) is 122 cm³/mol. The molecule has 2 N–H and O–H groups in total. The van der Waals surface area contributed by atoms with Crippen LogP contribution in [0.2, 0.25) is 0 Å². The van der Waals surface area contributed by atoms with E-state index in [-0.39, 0.29) is 18.4 Å². The van der Waals surface area contributed by atoms with Gasteiger partial charge in [-0.05, 0) is 18.2 Å². The van der Waals surface area contributed by atoms with Gasteiger partial charge in [0.2, 0.25) is 12.1 Å². The number of piperazine rings is 1. The van der Waals surface area contributed by atoms with Crippen LogP contribution >= 0.6 is 0 Å². The van der Waals surface area contributed by atoms with Crippen molar-refractivity contribution in [2.24, 2.45) is 0 Å². The molecule has 172 valence electrons. The molecule has 2 aromatic carbocycles. The molecule has 2 aliphatic rings. The molecular weight excluding hydrogens is 426 g/mol. The van der Waals surface area contributed by atoms with E-state index < -0.39 is 38.1 Å². The van der Waals surface area contributed by atoms with Crippen LogP contribution in [0.25, 0.3) is 10.9 Å². The highest BCUT2D eigenvalue weighted by atomic mass is 16.6. The Hall–Kier alpha value is -3.95. The van der Waals surface area contributed by atoms with Crippen molar-refractivity contribution in [3.63, 3.8) is 0 Å². The average Bonchev–Trinajstić information content (AvgIpc) is 2.85. The van der Waals surface area contributed by atoms with E-state index in [0.29, 0.717) is 33.9 Å². The summed E-state index contributed by atoms with van der Waals surface area (Å²) in [6.45, 7) is -5.76. The number of nitrogens with two attached hydrogens (primary N) is 1. The molecule has 1 fully saturated rings. The molecule has 1 saturated heterocycles. The molecule has 2 aliphatic heterocycles. The maximum Gasteiger partial charge on any atom is 0.267 e. The molecule has 10 heteroatoms. The molecule has 0 radical (unpaired) electrons. The second-order valence-electron chi connectivity index (χ2n) is 7.34. The fraction of sp³-hybridized carbons (Fsp3) is 0.348. The lowest BCUT2D eigenvalue weighted by Gasteiger charge is -2.37. The topological polar surface area (TPSA) is 112 Å². The van der Waals surface area contributed by atoms with Gasteiger partial charge in [-0.15, -0.1) is 0 Å². The number of hydrogen-bond acceptors (Lipinski definition) is 9. The van der Waals surface area contributed by atoms with Gasteiger partial charge < -0.3 is 34.5 Å². The van der Waals surface area contributed by atoms with Crippen molar-refractivity contribution in [1.29, 1.82) is 0 Å². The number of hydrogen-bond donors (Lipinski definition) is 1. The lowest BCUT2D eigenvalue weighted by Crippen LogP contribution is -2.54. The van der Waals surface area contributed by atoms with E-state index in [1.54, 1.807) is 36.4 Å². The Labute approximate surface area is 196 Å². The second kappa shape index (κ2) is 8.53. The van der Waals surface area contributed by atoms with E-state index in [1.807, 2.05) is 0 Å². The number of carbonyl (C=O) groups is 1. The zero-order chi connectivity index (χ0) is 26.5. The van der Waals surface area contributed by atoms with Crippen molar-refractivity contribution < 1.29 is 29.2 Å². The largest absolute Gasteiger partial charge is 0.493 e. The number of ether oxygens (including phenoxy) is 4. The minimum atomic E-state index is -2.39. The molecule has 1 unspecified atom stereocenters. The molecular formula is C23H25N5O5. The molecule has 0 spiro atoms. The molecule has 10 nitrogen and oxygen atoms in total. The van der Waals surface area contributed by atoms with Gasteiger partial charge in [-0.25, -0.2) is 4.98 Å². The fourth-order valence-electron chi connectivity index (χ4n) is 3.63. The average molecular weight is 456 g/mol. The van der Waals surface area contributed by atoms with Gasteiger partial charge in [0.15, 0.2) is 23.0 Å².